The Bertz CT molecular complexity index is 1230. The number of aromatic nitrogens is 2. The van der Waals surface area contributed by atoms with E-state index in [0.717, 1.165) is 12.1 Å². The van der Waals surface area contributed by atoms with Crippen LogP contribution in [-0.2, 0) is 5.75 Å². The second kappa shape index (κ2) is 8.84. The molecule has 1 atom stereocenters. The Kier molecular flexibility index (Phi) is 6.00. The van der Waals surface area contributed by atoms with E-state index < -0.39 is 0 Å². The van der Waals surface area contributed by atoms with Crippen LogP contribution in [0.5, 0.6) is 0 Å². The summed E-state index contributed by atoms with van der Waals surface area (Å²) >= 11 is 1.37. The lowest BCUT2D eigenvalue weighted by molar-refractivity contribution is 0.617. The molecule has 0 N–H and O–H groups in total. The van der Waals surface area contributed by atoms with Crippen molar-refractivity contribution in [2.45, 2.75) is 37.1 Å². The maximum atomic E-state index is 14.1. The van der Waals surface area contributed by atoms with Crippen molar-refractivity contribution in [3.63, 3.8) is 0 Å². The summed E-state index contributed by atoms with van der Waals surface area (Å²) in [6.07, 6.45) is 1.06. The van der Waals surface area contributed by atoms with Gasteiger partial charge in [-0.05, 0) is 53.8 Å². The monoisotopic (exact) mass is 418 g/mol. The third kappa shape index (κ3) is 4.03. The van der Waals surface area contributed by atoms with Crippen molar-refractivity contribution in [3.05, 3.63) is 100 Å². The molecule has 0 radical (unpaired) electrons. The highest BCUT2D eigenvalue weighted by atomic mass is 32.2. The van der Waals surface area contributed by atoms with Crippen LogP contribution in [-0.4, -0.2) is 9.55 Å². The number of hydrogen-bond acceptors (Lipinski definition) is 3. The summed E-state index contributed by atoms with van der Waals surface area (Å²) in [5, 5.41) is 1.12. The molecule has 3 aromatic carbocycles. The van der Waals surface area contributed by atoms with Crippen LogP contribution < -0.4 is 5.56 Å². The molecule has 4 aromatic rings. The van der Waals surface area contributed by atoms with E-state index in [0.29, 0.717) is 33.3 Å². The van der Waals surface area contributed by atoms with Crippen molar-refractivity contribution in [1.82, 2.24) is 9.55 Å². The Labute approximate surface area is 179 Å². The summed E-state index contributed by atoms with van der Waals surface area (Å²) in [5.74, 6) is 0.598. The number of benzene rings is 3. The molecular formula is C25H23FN2OS. The number of hydrogen-bond donors (Lipinski definition) is 0. The van der Waals surface area contributed by atoms with E-state index in [-0.39, 0.29) is 11.4 Å². The van der Waals surface area contributed by atoms with Crippen LogP contribution in [0.25, 0.3) is 16.6 Å². The summed E-state index contributed by atoms with van der Waals surface area (Å²) in [6, 6.07) is 22.1. The molecule has 1 aromatic heterocycles. The highest BCUT2D eigenvalue weighted by molar-refractivity contribution is 7.98. The van der Waals surface area contributed by atoms with Gasteiger partial charge in [0.25, 0.3) is 5.56 Å². The third-order valence-electron chi connectivity index (χ3n) is 5.39. The smallest absolute Gasteiger partial charge is 0.266 e. The van der Waals surface area contributed by atoms with Crippen molar-refractivity contribution in [1.29, 1.82) is 0 Å². The van der Waals surface area contributed by atoms with Gasteiger partial charge in [0.2, 0.25) is 0 Å². The molecule has 30 heavy (non-hydrogen) atoms. The summed E-state index contributed by atoms with van der Waals surface area (Å²) in [5.41, 5.74) is 3.12. The molecule has 0 saturated carbocycles. The van der Waals surface area contributed by atoms with Gasteiger partial charge in [-0.2, -0.15) is 0 Å². The van der Waals surface area contributed by atoms with Crippen LogP contribution in [0.3, 0.4) is 0 Å². The molecule has 0 fully saturated rings. The number of rotatable bonds is 6. The van der Waals surface area contributed by atoms with E-state index in [1.807, 2.05) is 36.4 Å². The van der Waals surface area contributed by atoms with Gasteiger partial charge in [-0.3, -0.25) is 9.36 Å². The zero-order chi connectivity index (χ0) is 21.1. The first-order valence-electron chi connectivity index (χ1n) is 10.1. The fraction of sp³-hybridized carbons (Fsp3) is 0.200. The van der Waals surface area contributed by atoms with E-state index in [9.17, 15) is 9.18 Å². The molecule has 5 heteroatoms. The molecule has 0 aliphatic heterocycles. The Morgan fingerprint density at radius 1 is 1.00 bits per heavy atom. The van der Waals surface area contributed by atoms with Gasteiger partial charge in [0.05, 0.1) is 16.6 Å². The van der Waals surface area contributed by atoms with Crippen LogP contribution >= 0.6 is 11.8 Å². The highest BCUT2D eigenvalue weighted by Crippen LogP contribution is 2.27. The van der Waals surface area contributed by atoms with Gasteiger partial charge in [-0.15, -0.1) is 0 Å². The van der Waals surface area contributed by atoms with Crippen molar-refractivity contribution in [2.24, 2.45) is 0 Å². The summed E-state index contributed by atoms with van der Waals surface area (Å²) in [6.45, 7) is 4.35. The Balaban J connectivity index is 1.80. The van der Waals surface area contributed by atoms with Crippen molar-refractivity contribution >= 4 is 22.7 Å². The topological polar surface area (TPSA) is 34.9 Å². The molecule has 0 amide bonds. The molecule has 0 bridgehead atoms. The van der Waals surface area contributed by atoms with Gasteiger partial charge in [0.15, 0.2) is 5.16 Å². The summed E-state index contributed by atoms with van der Waals surface area (Å²) in [4.78, 5) is 18.1. The number of para-hydroxylation sites is 1. The largest absolute Gasteiger partial charge is 0.268 e. The summed E-state index contributed by atoms with van der Waals surface area (Å²) < 4.78 is 15.7. The lowest BCUT2D eigenvalue weighted by atomic mass is 9.98. The standard InChI is InChI=1S/C25H23FN2OS/c1-3-17(2)18-12-14-20(15-13-18)28-24(29)21-9-5-7-11-23(21)27-25(28)30-16-19-8-4-6-10-22(19)26/h4-15,17H,3,16H2,1-2H3/t17-/m0/s1. The van der Waals surface area contributed by atoms with E-state index in [1.54, 1.807) is 22.8 Å². The molecular weight excluding hydrogens is 395 g/mol. The highest BCUT2D eigenvalue weighted by Gasteiger charge is 2.15. The molecule has 0 aliphatic rings. The second-order valence-corrected chi connectivity index (χ2v) is 8.28. The third-order valence-corrected chi connectivity index (χ3v) is 6.38. The second-order valence-electron chi connectivity index (χ2n) is 7.33. The van der Waals surface area contributed by atoms with E-state index >= 15 is 0 Å². The van der Waals surface area contributed by atoms with Crippen molar-refractivity contribution in [3.8, 4) is 5.69 Å². The lowest BCUT2D eigenvalue weighted by Crippen LogP contribution is -2.21. The molecule has 152 valence electrons. The molecule has 0 saturated heterocycles. The minimum atomic E-state index is -0.252. The zero-order valence-corrected chi connectivity index (χ0v) is 17.8. The quantitative estimate of drug-likeness (QED) is 0.271. The van der Waals surface area contributed by atoms with Gasteiger partial charge in [-0.1, -0.05) is 68.1 Å². The van der Waals surface area contributed by atoms with Gasteiger partial charge in [0.1, 0.15) is 5.82 Å². The van der Waals surface area contributed by atoms with Crippen LogP contribution in [0.4, 0.5) is 4.39 Å². The maximum Gasteiger partial charge on any atom is 0.266 e. The molecule has 0 unspecified atom stereocenters. The Morgan fingerprint density at radius 3 is 2.43 bits per heavy atom. The molecule has 4 rings (SSSR count). The zero-order valence-electron chi connectivity index (χ0n) is 17.0. The first kappa shape index (κ1) is 20.4. The molecule has 3 nitrogen and oxygen atoms in total. The fourth-order valence-corrected chi connectivity index (χ4v) is 4.38. The van der Waals surface area contributed by atoms with Crippen LogP contribution in [0.15, 0.2) is 82.7 Å². The molecule has 0 aliphatic carbocycles. The van der Waals surface area contributed by atoms with E-state index in [1.165, 1.54) is 23.4 Å². The maximum absolute atomic E-state index is 14.1. The Morgan fingerprint density at radius 2 is 1.70 bits per heavy atom. The van der Waals surface area contributed by atoms with E-state index in [2.05, 4.69) is 26.0 Å². The Hall–Kier alpha value is -2.92. The molecule has 0 spiro atoms. The van der Waals surface area contributed by atoms with Crippen molar-refractivity contribution < 1.29 is 4.39 Å². The normalized spacial score (nSPS) is 12.2. The minimum Gasteiger partial charge on any atom is -0.268 e. The molecule has 1 heterocycles. The minimum absolute atomic E-state index is 0.118. The first-order chi connectivity index (χ1) is 14.6. The van der Waals surface area contributed by atoms with Crippen LogP contribution in [0.1, 0.15) is 37.3 Å². The van der Waals surface area contributed by atoms with Crippen molar-refractivity contribution in [2.75, 3.05) is 0 Å². The predicted octanol–water partition coefficient (Wildman–Crippen LogP) is 6.33. The van der Waals surface area contributed by atoms with E-state index in [4.69, 9.17) is 4.98 Å². The van der Waals surface area contributed by atoms with Crippen LogP contribution in [0.2, 0.25) is 0 Å². The average molecular weight is 419 g/mol. The first-order valence-corrected chi connectivity index (χ1v) is 11.1. The van der Waals surface area contributed by atoms with Gasteiger partial charge < -0.3 is 0 Å². The lowest BCUT2D eigenvalue weighted by Gasteiger charge is -2.15. The van der Waals surface area contributed by atoms with Gasteiger partial charge >= 0.3 is 0 Å². The number of fused-ring (bicyclic) bond motifs is 1. The number of nitrogens with zero attached hydrogens (tertiary/aromatic N) is 2. The predicted molar refractivity (Wildman–Crippen MR) is 122 cm³/mol. The summed E-state index contributed by atoms with van der Waals surface area (Å²) in [7, 11) is 0. The van der Waals surface area contributed by atoms with Crippen LogP contribution in [0, 0.1) is 5.82 Å². The van der Waals surface area contributed by atoms with Gasteiger partial charge in [-0.25, -0.2) is 9.37 Å². The number of halogens is 1. The SMILES string of the molecule is CC[C@H](C)c1ccc(-n2c(SCc3ccccc3F)nc3ccccc3c2=O)cc1. The fourth-order valence-electron chi connectivity index (χ4n) is 3.38. The average Bonchev–Trinajstić information content (AvgIpc) is 2.78. The number of thioether (sulfide) groups is 1. The van der Waals surface area contributed by atoms with Gasteiger partial charge in [0, 0.05) is 5.75 Å².